The predicted octanol–water partition coefficient (Wildman–Crippen LogP) is 1.39. The Morgan fingerprint density at radius 2 is 1.69 bits per heavy atom. The summed E-state index contributed by atoms with van der Waals surface area (Å²) >= 11 is 0. The molecule has 1 heterocycles. The van der Waals surface area contributed by atoms with E-state index in [1.165, 1.54) is 6.07 Å². The number of aromatic nitrogens is 1. The molecule has 16 heavy (non-hydrogen) atoms. The molecule has 82 valence electrons. The lowest BCUT2D eigenvalue weighted by atomic mass is 10.1. The first kappa shape index (κ1) is 10.6. The van der Waals surface area contributed by atoms with E-state index in [0.717, 1.165) is 11.1 Å². The lowest BCUT2D eigenvalue weighted by Crippen LogP contribution is -2.18. The van der Waals surface area contributed by atoms with E-state index in [9.17, 15) is 9.90 Å². The van der Waals surface area contributed by atoms with Crippen molar-refractivity contribution in [1.29, 1.82) is 0 Å². The molecule has 0 aliphatic rings. The van der Waals surface area contributed by atoms with Crippen LogP contribution in [0.5, 0.6) is 0 Å². The average molecular weight is 215 g/mol. The zero-order chi connectivity index (χ0) is 11.4. The normalized spacial score (nSPS) is 10.3. The summed E-state index contributed by atoms with van der Waals surface area (Å²) in [5, 5.41) is 9.18. The summed E-state index contributed by atoms with van der Waals surface area (Å²) in [5.74, 6) is 0. The molecule has 0 saturated carbocycles. The second-order valence-corrected chi connectivity index (χ2v) is 3.59. The maximum absolute atomic E-state index is 11.5. The second-order valence-electron chi connectivity index (χ2n) is 3.59. The smallest absolute Gasteiger partial charge is 0.250 e. The molecule has 0 aliphatic heterocycles. The molecule has 0 radical (unpaired) electrons. The highest BCUT2D eigenvalue weighted by molar-refractivity contribution is 5.26. The maximum Gasteiger partial charge on any atom is 0.250 e. The molecule has 0 bridgehead atoms. The Morgan fingerprint density at radius 3 is 2.38 bits per heavy atom. The van der Waals surface area contributed by atoms with Gasteiger partial charge < -0.3 is 9.67 Å². The molecule has 1 aromatic carbocycles. The van der Waals surface area contributed by atoms with E-state index in [-0.39, 0.29) is 12.2 Å². The van der Waals surface area contributed by atoms with Gasteiger partial charge in [0.2, 0.25) is 0 Å². The van der Waals surface area contributed by atoms with Gasteiger partial charge in [-0.2, -0.15) is 0 Å². The number of aliphatic hydroxyl groups is 1. The van der Waals surface area contributed by atoms with Crippen molar-refractivity contribution in [1.82, 2.24) is 4.57 Å². The number of pyridine rings is 1. The Kier molecular flexibility index (Phi) is 3.17. The van der Waals surface area contributed by atoms with Crippen LogP contribution in [-0.4, -0.2) is 9.67 Å². The van der Waals surface area contributed by atoms with Gasteiger partial charge in [-0.25, -0.2) is 0 Å². The van der Waals surface area contributed by atoms with Crippen molar-refractivity contribution in [3.63, 3.8) is 0 Å². The quantitative estimate of drug-likeness (QED) is 0.840. The summed E-state index contributed by atoms with van der Waals surface area (Å²) in [6.45, 7) is 0.494. The Morgan fingerprint density at radius 1 is 1.00 bits per heavy atom. The van der Waals surface area contributed by atoms with Crippen LogP contribution >= 0.6 is 0 Å². The molecule has 1 N–H and O–H groups in total. The SMILES string of the molecule is O=c1ccccn1Cc1ccccc1CO. The zero-order valence-electron chi connectivity index (χ0n) is 8.84. The highest BCUT2D eigenvalue weighted by atomic mass is 16.3. The van der Waals surface area contributed by atoms with Crippen LogP contribution in [0.25, 0.3) is 0 Å². The molecule has 2 rings (SSSR count). The predicted molar refractivity (Wildman–Crippen MR) is 62.2 cm³/mol. The molecule has 0 amide bonds. The van der Waals surface area contributed by atoms with E-state index < -0.39 is 0 Å². The lowest BCUT2D eigenvalue weighted by Gasteiger charge is -2.08. The molecule has 0 unspecified atom stereocenters. The van der Waals surface area contributed by atoms with E-state index in [1.807, 2.05) is 30.3 Å². The van der Waals surface area contributed by atoms with Crippen molar-refractivity contribution in [3.8, 4) is 0 Å². The fourth-order valence-corrected chi connectivity index (χ4v) is 1.64. The van der Waals surface area contributed by atoms with Crippen molar-refractivity contribution in [3.05, 3.63) is 70.1 Å². The fourth-order valence-electron chi connectivity index (χ4n) is 1.64. The zero-order valence-corrected chi connectivity index (χ0v) is 8.84. The van der Waals surface area contributed by atoms with Crippen molar-refractivity contribution in [2.45, 2.75) is 13.2 Å². The monoisotopic (exact) mass is 215 g/mol. The van der Waals surface area contributed by atoms with Crippen LogP contribution in [0.3, 0.4) is 0 Å². The van der Waals surface area contributed by atoms with E-state index in [4.69, 9.17) is 0 Å². The fraction of sp³-hybridized carbons (Fsp3) is 0.154. The van der Waals surface area contributed by atoms with Gasteiger partial charge in [0, 0.05) is 12.3 Å². The third-order valence-electron chi connectivity index (χ3n) is 2.53. The lowest BCUT2D eigenvalue weighted by molar-refractivity contribution is 0.280. The Hall–Kier alpha value is -1.87. The second kappa shape index (κ2) is 4.77. The Bertz CT molecular complexity index is 531. The van der Waals surface area contributed by atoms with Crippen LogP contribution in [-0.2, 0) is 13.2 Å². The molecular weight excluding hydrogens is 202 g/mol. The van der Waals surface area contributed by atoms with Gasteiger partial charge in [0.1, 0.15) is 0 Å². The standard InChI is InChI=1S/C13H13NO2/c15-10-12-6-2-1-5-11(12)9-14-8-4-3-7-13(14)16/h1-8,15H,9-10H2. The maximum atomic E-state index is 11.5. The number of hydrogen-bond donors (Lipinski definition) is 1. The highest BCUT2D eigenvalue weighted by Crippen LogP contribution is 2.09. The Labute approximate surface area is 93.6 Å². The minimum absolute atomic E-state index is 0.00222. The summed E-state index contributed by atoms with van der Waals surface area (Å²) in [6.07, 6.45) is 1.75. The van der Waals surface area contributed by atoms with Gasteiger partial charge in [0.15, 0.2) is 0 Å². The molecule has 3 heteroatoms. The Balaban J connectivity index is 2.34. The minimum Gasteiger partial charge on any atom is -0.392 e. The van der Waals surface area contributed by atoms with Crippen LogP contribution < -0.4 is 5.56 Å². The summed E-state index contributed by atoms with van der Waals surface area (Å²) in [7, 11) is 0. The first-order valence-electron chi connectivity index (χ1n) is 5.14. The van der Waals surface area contributed by atoms with Crippen molar-refractivity contribution in [2.24, 2.45) is 0 Å². The van der Waals surface area contributed by atoms with Crippen LogP contribution in [0, 0.1) is 0 Å². The van der Waals surface area contributed by atoms with Gasteiger partial charge in [-0.1, -0.05) is 30.3 Å². The number of nitrogens with zero attached hydrogens (tertiary/aromatic N) is 1. The third-order valence-corrected chi connectivity index (χ3v) is 2.53. The first-order valence-corrected chi connectivity index (χ1v) is 5.14. The van der Waals surface area contributed by atoms with E-state index in [0.29, 0.717) is 6.54 Å². The van der Waals surface area contributed by atoms with E-state index >= 15 is 0 Å². The van der Waals surface area contributed by atoms with Crippen molar-refractivity contribution in [2.75, 3.05) is 0 Å². The van der Waals surface area contributed by atoms with Crippen molar-refractivity contribution >= 4 is 0 Å². The van der Waals surface area contributed by atoms with Crippen LogP contribution in [0.4, 0.5) is 0 Å². The molecule has 0 aliphatic carbocycles. The third kappa shape index (κ3) is 2.20. The molecule has 0 fully saturated rings. The van der Waals surface area contributed by atoms with Gasteiger partial charge in [0.25, 0.3) is 5.56 Å². The minimum atomic E-state index is -0.0322. The molecule has 3 nitrogen and oxygen atoms in total. The van der Waals surface area contributed by atoms with Crippen LogP contribution in [0.15, 0.2) is 53.5 Å². The number of hydrogen-bond acceptors (Lipinski definition) is 2. The molecule has 2 aromatic rings. The molecule has 1 aromatic heterocycles. The van der Waals surface area contributed by atoms with Gasteiger partial charge in [-0.15, -0.1) is 0 Å². The van der Waals surface area contributed by atoms with Crippen molar-refractivity contribution < 1.29 is 5.11 Å². The number of benzene rings is 1. The molecule has 0 saturated heterocycles. The molecular formula is C13H13NO2. The highest BCUT2D eigenvalue weighted by Gasteiger charge is 2.01. The van der Waals surface area contributed by atoms with Gasteiger partial charge in [-0.05, 0) is 17.2 Å². The van der Waals surface area contributed by atoms with Gasteiger partial charge >= 0.3 is 0 Å². The van der Waals surface area contributed by atoms with E-state index in [2.05, 4.69) is 0 Å². The number of rotatable bonds is 3. The summed E-state index contributed by atoms with van der Waals surface area (Å²) in [6, 6.07) is 12.6. The van der Waals surface area contributed by atoms with E-state index in [1.54, 1.807) is 16.8 Å². The average Bonchev–Trinajstić information content (AvgIpc) is 2.33. The number of aliphatic hydroxyl groups excluding tert-OH is 1. The summed E-state index contributed by atoms with van der Waals surface area (Å²) < 4.78 is 1.62. The van der Waals surface area contributed by atoms with Gasteiger partial charge in [0.05, 0.1) is 13.2 Å². The van der Waals surface area contributed by atoms with Crippen LogP contribution in [0.1, 0.15) is 11.1 Å². The summed E-state index contributed by atoms with van der Waals surface area (Å²) in [5.41, 5.74) is 1.80. The molecule has 0 spiro atoms. The van der Waals surface area contributed by atoms with Gasteiger partial charge in [-0.3, -0.25) is 4.79 Å². The molecule has 0 atom stereocenters. The largest absolute Gasteiger partial charge is 0.392 e. The van der Waals surface area contributed by atoms with Crippen LogP contribution in [0.2, 0.25) is 0 Å². The topological polar surface area (TPSA) is 42.2 Å². The summed E-state index contributed by atoms with van der Waals surface area (Å²) in [4.78, 5) is 11.5. The first-order chi connectivity index (χ1) is 7.81.